The van der Waals surface area contributed by atoms with E-state index in [1.807, 2.05) is 24.7 Å². The van der Waals surface area contributed by atoms with Crippen LogP contribution in [0.3, 0.4) is 0 Å². The van der Waals surface area contributed by atoms with Crippen molar-refractivity contribution in [2.45, 2.75) is 26.0 Å². The van der Waals surface area contributed by atoms with E-state index in [-0.39, 0.29) is 6.04 Å². The van der Waals surface area contributed by atoms with Crippen molar-refractivity contribution in [3.05, 3.63) is 41.7 Å². The molecule has 108 valence electrons. The summed E-state index contributed by atoms with van der Waals surface area (Å²) in [7, 11) is 3.17. The van der Waals surface area contributed by atoms with Crippen molar-refractivity contribution in [2.24, 2.45) is 0 Å². The van der Waals surface area contributed by atoms with Crippen LogP contribution in [-0.2, 0) is 0 Å². The normalized spacial score (nSPS) is 12.5. The molecule has 2 aromatic rings. The van der Waals surface area contributed by atoms with Crippen molar-refractivity contribution in [1.82, 2.24) is 9.78 Å². The summed E-state index contributed by atoms with van der Waals surface area (Å²) in [5.74, 6) is 1.30. The van der Waals surface area contributed by atoms with Crippen molar-refractivity contribution in [3.8, 4) is 11.5 Å². The molecule has 0 aliphatic carbocycles. The Kier molecular flexibility index (Phi) is 4.29. The Bertz CT molecular complexity index is 578. The number of benzene rings is 1. The Labute approximate surface area is 118 Å². The molecule has 1 aromatic carbocycles. The third-order valence-corrected chi connectivity index (χ3v) is 3.20. The molecule has 0 saturated heterocycles. The highest BCUT2D eigenvalue weighted by atomic mass is 16.5. The summed E-state index contributed by atoms with van der Waals surface area (Å²) in [6.07, 6.45) is 2.71. The third-order valence-electron chi connectivity index (χ3n) is 3.20. The maximum absolute atomic E-state index is 10.5. The van der Waals surface area contributed by atoms with Gasteiger partial charge in [0.1, 0.15) is 17.6 Å². The van der Waals surface area contributed by atoms with Crippen LogP contribution in [0.4, 0.5) is 0 Å². The lowest BCUT2D eigenvalue weighted by atomic mass is 10.0. The van der Waals surface area contributed by atoms with E-state index in [4.69, 9.17) is 9.47 Å². The number of methoxy groups -OCH3 is 2. The Hall–Kier alpha value is -2.01. The standard InChI is InChI=1S/C15H20N2O3/c1-10(2)17-9-11(8-16-17)15(18)13-7-12(19-3)5-6-14(13)20-4/h5-10,15,18H,1-4H3. The van der Waals surface area contributed by atoms with Gasteiger partial charge in [0.25, 0.3) is 0 Å². The van der Waals surface area contributed by atoms with Crippen LogP contribution in [0.15, 0.2) is 30.6 Å². The number of hydrogen-bond donors (Lipinski definition) is 1. The van der Waals surface area contributed by atoms with Crippen LogP contribution in [0, 0.1) is 0 Å². The van der Waals surface area contributed by atoms with Crippen LogP contribution in [0.5, 0.6) is 11.5 Å². The van der Waals surface area contributed by atoms with Crippen molar-refractivity contribution in [3.63, 3.8) is 0 Å². The van der Waals surface area contributed by atoms with Gasteiger partial charge >= 0.3 is 0 Å². The lowest BCUT2D eigenvalue weighted by molar-refractivity contribution is 0.214. The zero-order valence-corrected chi connectivity index (χ0v) is 12.2. The van der Waals surface area contributed by atoms with Crippen LogP contribution >= 0.6 is 0 Å². The maximum Gasteiger partial charge on any atom is 0.125 e. The summed E-state index contributed by atoms with van der Waals surface area (Å²) >= 11 is 0. The average Bonchev–Trinajstić information content (AvgIpc) is 2.95. The SMILES string of the molecule is COc1ccc(OC)c(C(O)c2cnn(C(C)C)c2)c1. The highest BCUT2D eigenvalue weighted by Gasteiger charge is 2.18. The first kappa shape index (κ1) is 14.4. The molecule has 5 nitrogen and oxygen atoms in total. The van der Waals surface area contributed by atoms with Gasteiger partial charge in [0, 0.05) is 23.4 Å². The van der Waals surface area contributed by atoms with E-state index >= 15 is 0 Å². The number of rotatable bonds is 5. The Morgan fingerprint density at radius 2 is 1.95 bits per heavy atom. The highest BCUT2D eigenvalue weighted by molar-refractivity contribution is 5.44. The van der Waals surface area contributed by atoms with E-state index in [0.29, 0.717) is 17.1 Å². The highest BCUT2D eigenvalue weighted by Crippen LogP contribution is 2.33. The number of aliphatic hydroxyl groups excluding tert-OH is 1. The van der Waals surface area contributed by atoms with Gasteiger partial charge in [-0.3, -0.25) is 4.68 Å². The molecular weight excluding hydrogens is 256 g/mol. The average molecular weight is 276 g/mol. The fraction of sp³-hybridized carbons (Fsp3) is 0.400. The summed E-state index contributed by atoms with van der Waals surface area (Å²) in [4.78, 5) is 0. The predicted octanol–water partition coefficient (Wildman–Crippen LogP) is 2.56. The molecule has 0 amide bonds. The molecule has 1 N–H and O–H groups in total. The first-order valence-electron chi connectivity index (χ1n) is 6.50. The van der Waals surface area contributed by atoms with Crippen LogP contribution in [0.1, 0.15) is 37.1 Å². The van der Waals surface area contributed by atoms with Crippen molar-refractivity contribution >= 4 is 0 Å². The van der Waals surface area contributed by atoms with Gasteiger partial charge in [-0.1, -0.05) is 0 Å². The molecule has 0 radical (unpaired) electrons. The molecular formula is C15H20N2O3. The molecule has 1 unspecified atom stereocenters. The first-order chi connectivity index (χ1) is 9.56. The van der Waals surface area contributed by atoms with E-state index in [0.717, 1.165) is 5.56 Å². The maximum atomic E-state index is 10.5. The van der Waals surface area contributed by atoms with Gasteiger partial charge in [0.2, 0.25) is 0 Å². The summed E-state index contributed by atoms with van der Waals surface area (Å²) in [6, 6.07) is 5.61. The minimum atomic E-state index is -0.799. The topological polar surface area (TPSA) is 56.5 Å². The Balaban J connectivity index is 2.37. The van der Waals surface area contributed by atoms with E-state index in [2.05, 4.69) is 5.10 Å². The molecule has 0 aliphatic rings. The second kappa shape index (κ2) is 5.96. The van der Waals surface area contributed by atoms with Crippen molar-refractivity contribution < 1.29 is 14.6 Å². The second-order valence-corrected chi connectivity index (χ2v) is 4.86. The van der Waals surface area contributed by atoms with Gasteiger partial charge in [0.05, 0.1) is 20.4 Å². The Morgan fingerprint density at radius 3 is 2.50 bits per heavy atom. The molecule has 20 heavy (non-hydrogen) atoms. The van der Waals surface area contributed by atoms with Crippen LogP contribution in [0.25, 0.3) is 0 Å². The molecule has 1 atom stereocenters. The summed E-state index contributed by atoms with van der Waals surface area (Å²) in [5.41, 5.74) is 1.39. The van der Waals surface area contributed by atoms with Crippen LogP contribution in [0.2, 0.25) is 0 Å². The minimum absolute atomic E-state index is 0.253. The molecule has 2 rings (SSSR count). The smallest absolute Gasteiger partial charge is 0.125 e. The number of hydrogen-bond acceptors (Lipinski definition) is 4. The minimum Gasteiger partial charge on any atom is -0.497 e. The predicted molar refractivity (Wildman–Crippen MR) is 76.2 cm³/mol. The van der Waals surface area contributed by atoms with Gasteiger partial charge in [-0.05, 0) is 32.0 Å². The summed E-state index contributed by atoms with van der Waals surface area (Å²) in [5, 5.41) is 14.8. The third kappa shape index (κ3) is 2.77. The number of ether oxygens (including phenoxy) is 2. The summed E-state index contributed by atoms with van der Waals surface area (Å²) in [6.45, 7) is 4.07. The van der Waals surface area contributed by atoms with Crippen molar-refractivity contribution in [2.75, 3.05) is 14.2 Å². The molecule has 0 saturated carbocycles. The lowest BCUT2D eigenvalue weighted by Gasteiger charge is -2.15. The number of aliphatic hydroxyl groups is 1. The molecule has 0 spiro atoms. The molecule has 0 fully saturated rings. The van der Waals surface area contributed by atoms with Gasteiger partial charge in [-0.25, -0.2) is 0 Å². The zero-order chi connectivity index (χ0) is 14.7. The van der Waals surface area contributed by atoms with Gasteiger partial charge in [0.15, 0.2) is 0 Å². The van der Waals surface area contributed by atoms with Crippen LogP contribution < -0.4 is 9.47 Å². The fourth-order valence-corrected chi connectivity index (χ4v) is 2.01. The quantitative estimate of drug-likeness (QED) is 0.912. The molecule has 5 heteroatoms. The lowest BCUT2D eigenvalue weighted by Crippen LogP contribution is -2.03. The fourth-order valence-electron chi connectivity index (χ4n) is 2.01. The van der Waals surface area contributed by atoms with E-state index < -0.39 is 6.10 Å². The van der Waals surface area contributed by atoms with Crippen LogP contribution in [-0.4, -0.2) is 29.1 Å². The monoisotopic (exact) mass is 276 g/mol. The van der Waals surface area contributed by atoms with Gasteiger partial charge < -0.3 is 14.6 Å². The van der Waals surface area contributed by atoms with E-state index in [1.165, 1.54) is 0 Å². The number of aromatic nitrogens is 2. The van der Waals surface area contributed by atoms with E-state index in [9.17, 15) is 5.11 Å². The first-order valence-corrected chi connectivity index (χ1v) is 6.50. The zero-order valence-electron chi connectivity index (χ0n) is 12.2. The van der Waals surface area contributed by atoms with Gasteiger partial charge in [-0.2, -0.15) is 5.10 Å². The van der Waals surface area contributed by atoms with E-state index in [1.54, 1.807) is 38.6 Å². The summed E-state index contributed by atoms with van der Waals surface area (Å²) < 4.78 is 12.3. The second-order valence-electron chi connectivity index (χ2n) is 4.86. The van der Waals surface area contributed by atoms with Crippen molar-refractivity contribution in [1.29, 1.82) is 0 Å². The molecule has 1 heterocycles. The number of nitrogens with zero attached hydrogens (tertiary/aromatic N) is 2. The molecule has 0 bridgehead atoms. The largest absolute Gasteiger partial charge is 0.497 e. The molecule has 1 aromatic heterocycles. The van der Waals surface area contributed by atoms with Gasteiger partial charge in [-0.15, -0.1) is 0 Å². The molecule has 0 aliphatic heterocycles. The Morgan fingerprint density at radius 1 is 1.20 bits per heavy atom.